The molecule has 5 rings (SSSR count). The molecule has 0 bridgehead atoms. The van der Waals surface area contributed by atoms with Crippen LogP contribution in [-0.2, 0) is 9.53 Å². The van der Waals surface area contributed by atoms with E-state index in [9.17, 15) is 14.7 Å². The summed E-state index contributed by atoms with van der Waals surface area (Å²) in [4.78, 5) is 29.2. The van der Waals surface area contributed by atoms with E-state index < -0.39 is 6.10 Å². The molecule has 4 atom stereocenters. The summed E-state index contributed by atoms with van der Waals surface area (Å²) in [5.41, 5.74) is 2.11. The number of anilines is 1. The van der Waals surface area contributed by atoms with Gasteiger partial charge in [-0.2, -0.15) is 0 Å². The molecule has 180 valence electrons. The summed E-state index contributed by atoms with van der Waals surface area (Å²) >= 11 is 0. The van der Waals surface area contributed by atoms with E-state index in [-0.39, 0.29) is 49.0 Å². The number of fused-ring (bicyclic) bond motifs is 3. The number of hydrogen-bond acceptors (Lipinski definition) is 6. The molecule has 2 aromatic rings. The van der Waals surface area contributed by atoms with Crippen molar-refractivity contribution < 1.29 is 24.2 Å². The minimum absolute atomic E-state index is 0.00339. The number of benzene rings is 1. The van der Waals surface area contributed by atoms with Crippen molar-refractivity contribution in [3.8, 4) is 5.75 Å². The molecule has 1 aliphatic carbocycles. The molecular weight excluding hydrogens is 434 g/mol. The van der Waals surface area contributed by atoms with Gasteiger partial charge >= 0.3 is 0 Å². The summed E-state index contributed by atoms with van der Waals surface area (Å²) < 4.78 is 12.2. The Morgan fingerprint density at radius 1 is 1.15 bits per heavy atom. The summed E-state index contributed by atoms with van der Waals surface area (Å²) in [6, 6.07) is 9.25. The molecule has 2 amide bonds. The number of hydrogen-bond donors (Lipinski definition) is 3. The van der Waals surface area contributed by atoms with Gasteiger partial charge in [-0.3, -0.25) is 14.6 Å². The molecule has 3 heterocycles. The van der Waals surface area contributed by atoms with Crippen molar-refractivity contribution in [1.29, 1.82) is 0 Å². The van der Waals surface area contributed by atoms with Crippen molar-refractivity contribution >= 4 is 17.5 Å². The molecule has 8 heteroatoms. The molecule has 2 fully saturated rings. The van der Waals surface area contributed by atoms with Gasteiger partial charge in [-0.25, -0.2) is 0 Å². The van der Waals surface area contributed by atoms with E-state index >= 15 is 0 Å². The summed E-state index contributed by atoms with van der Waals surface area (Å²) in [6.07, 6.45) is 8.54. The fourth-order valence-electron chi connectivity index (χ4n) is 5.41. The van der Waals surface area contributed by atoms with Crippen LogP contribution in [0.15, 0.2) is 42.7 Å². The quantitative estimate of drug-likeness (QED) is 0.605. The maximum atomic E-state index is 12.7. The second-order valence-electron chi connectivity index (χ2n) is 9.46. The molecule has 3 aliphatic rings. The second-order valence-corrected chi connectivity index (χ2v) is 9.46. The highest BCUT2D eigenvalue weighted by Gasteiger charge is 2.46. The van der Waals surface area contributed by atoms with E-state index in [1.165, 1.54) is 12.6 Å². The highest BCUT2D eigenvalue weighted by molar-refractivity contribution is 6.04. The highest BCUT2D eigenvalue weighted by Crippen LogP contribution is 2.47. The Morgan fingerprint density at radius 3 is 2.76 bits per heavy atom. The lowest BCUT2D eigenvalue weighted by molar-refractivity contribution is -0.142. The number of aliphatic hydroxyl groups excluding tert-OH is 1. The number of amides is 2. The van der Waals surface area contributed by atoms with Gasteiger partial charge in [0, 0.05) is 35.6 Å². The van der Waals surface area contributed by atoms with E-state index in [1.54, 1.807) is 24.4 Å². The molecule has 1 saturated heterocycles. The van der Waals surface area contributed by atoms with Crippen LogP contribution in [0.4, 0.5) is 5.69 Å². The standard InChI is InChI=1S/C26H31N3O5/c30-15-23-25-21(12-19(33-23)13-24(31)28-17-6-2-1-3-7-17)20-11-18(8-9-22(20)34-25)29-26(32)16-5-4-10-27-14-16/h4-5,8-11,14,17,19,21,23,25,30H,1-3,6-7,12-13,15H2,(H,28,31)(H,29,32)/t19-,21+,23+,25-/m1/s1. The van der Waals surface area contributed by atoms with Crippen molar-refractivity contribution in [2.45, 2.75) is 75.2 Å². The van der Waals surface area contributed by atoms with Crippen LogP contribution >= 0.6 is 0 Å². The Balaban J connectivity index is 1.27. The number of aliphatic hydroxyl groups is 1. The lowest BCUT2D eigenvalue weighted by atomic mass is 9.84. The third kappa shape index (κ3) is 4.93. The number of pyridine rings is 1. The summed E-state index contributed by atoms with van der Waals surface area (Å²) in [5.74, 6) is 0.469. The monoisotopic (exact) mass is 465 g/mol. The van der Waals surface area contributed by atoms with Crippen molar-refractivity contribution in [2.24, 2.45) is 0 Å². The molecule has 8 nitrogen and oxygen atoms in total. The lowest BCUT2D eigenvalue weighted by Gasteiger charge is -2.37. The van der Waals surface area contributed by atoms with Gasteiger partial charge in [-0.1, -0.05) is 19.3 Å². The van der Waals surface area contributed by atoms with Crippen LogP contribution < -0.4 is 15.4 Å². The van der Waals surface area contributed by atoms with E-state index in [0.29, 0.717) is 17.7 Å². The second kappa shape index (κ2) is 10.1. The molecular formula is C26H31N3O5. The van der Waals surface area contributed by atoms with Crippen LogP contribution in [0.3, 0.4) is 0 Å². The topological polar surface area (TPSA) is 110 Å². The molecule has 1 aromatic carbocycles. The Kier molecular flexibility index (Phi) is 6.78. The Morgan fingerprint density at radius 2 is 2.00 bits per heavy atom. The molecule has 1 saturated carbocycles. The third-order valence-corrected chi connectivity index (χ3v) is 7.06. The van der Waals surface area contributed by atoms with Crippen LogP contribution in [0.2, 0.25) is 0 Å². The van der Waals surface area contributed by atoms with Gasteiger partial charge < -0.3 is 25.2 Å². The number of nitrogens with one attached hydrogen (secondary N) is 2. The average molecular weight is 466 g/mol. The van der Waals surface area contributed by atoms with E-state index in [4.69, 9.17) is 9.47 Å². The zero-order chi connectivity index (χ0) is 23.5. The van der Waals surface area contributed by atoms with Crippen LogP contribution in [-0.4, -0.2) is 52.9 Å². The fraction of sp³-hybridized carbons (Fsp3) is 0.500. The van der Waals surface area contributed by atoms with Crippen LogP contribution in [0.25, 0.3) is 0 Å². The van der Waals surface area contributed by atoms with Crippen molar-refractivity contribution in [3.63, 3.8) is 0 Å². The van der Waals surface area contributed by atoms with Gasteiger partial charge in [0.05, 0.1) is 24.7 Å². The summed E-state index contributed by atoms with van der Waals surface area (Å²) in [6.45, 7) is -0.180. The average Bonchev–Trinajstić information content (AvgIpc) is 3.22. The predicted molar refractivity (Wildman–Crippen MR) is 126 cm³/mol. The summed E-state index contributed by atoms with van der Waals surface area (Å²) in [7, 11) is 0. The molecule has 3 N–H and O–H groups in total. The molecule has 0 radical (unpaired) electrons. The maximum Gasteiger partial charge on any atom is 0.257 e. The van der Waals surface area contributed by atoms with E-state index in [0.717, 1.165) is 37.0 Å². The third-order valence-electron chi connectivity index (χ3n) is 7.06. The number of nitrogens with zero attached hydrogens (tertiary/aromatic N) is 1. The number of ether oxygens (including phenoxy) is 2. The van der Waals surface area contributed by atoms with Crippen molar-refractivity contribution in [3.05, 3.63) is 53.9 Å². The first-order valence-electron chi connectivity index (χ1n) is 12.2. The molecule has 0 unspecified atom stereocenters. The number of rotatable bonds is 6. The Bertz CT molecular complexity index is 1020. The number of carbonyl (C=O) groups is 2. The predicted octanol–water partition coefficient (Wildman–Crippen LogP) is 3.17. The van der Waals surface area contributed by atoms with E-state index in [2.05, 4.69) is 15.6 Å². The maximum absolute atomic E-state index is 12.7. The Hall–Kier alpha value is -2.97. The van der Waals surface area contributed by atoms with Crippen LogP contribution in [0, 0.1) is 0 Å². The van der Waals surface area contributed by atoms with Gasteiger partial charge in [0.2, 0.25) is 5.91 Å². The fourth-order valence-corrected chi connectivity index (χ4v) is 5.41. The normalized spacial score (nSPS) is 26.1. The SMILES string of the molecule is O=C(C[C@H]1C[C@H]2c3cc(NC(=O)c4cccnc4)ccc3O[C@H]2[C@H](CO)O1)NC1CCCCC1. The Labute approximate surface area is 199 Å². The first-order chi connectivity index (χ1) is 16.6. The molecule has 1 aromatic heterocycles. The van der Waals surface area contributed by atoms with Gasteiger partial charge in [0.15, 0.2) is 0 Å². The largest absolute Gasteiger partial charge is 0.487 e. The molecule has 0 spiro atoms. The highest BCUT2D eigenvalue weighted by atomic mass is 16.6. The zero-order valence-corrected chi connectivity index (χ0v) is 19.1. The molecule has 34 heavy (non-hydrogen) atoms. The minimum atomic E-state index is -0.507. The number of aromatic nitrogens is 1. The zero-order valence-electron chi connectivity index (χ0n) is 19.1. The molecule has 2 aliphatic heterocycles. The van der Waals surface area contributed by atoms with Gasteiger partial charge in [0.1, 0.15) is 18.0 Å². The van der Waals surface area contributed by atoms with Crippen LogP contribution in [0.5, 0.6) is 5.75 Å². The minimum Gasteiger partial charge on any atom is -0.487 e. The first-order valence-corrected chi connectivity index (χ1v) is 12.2. The van der Waals surface area contributed by atoms with Crippen molar-refractivity contribution in [1.82, 2.24) is 10.3 Å². The summed E-state index contributed by atoms with van der Waals surface area (Å²) in [5, 5.41) is 16.0. The van der Waals surface area contributed by atoms with E-state index in [1.807, 2.05) is 12.1 Å². The first kappa shape index (κ1) is 22.8. The lowest BCUT2D eigenvalue weighted by Crippen LogP contribution is -2.48. The van der Waals surface area contributed by atoms with Crippen LogP contribution in [0.1, 0.15) is 66.8 Å². The van der Waals surface area contributed by atoms with Gasteiger partial charge in [-0.05, 0) is 49.6 Å². The van der Waals surface area contributed by atoms with Crippen molar-refractivity contribution in [2.75, 3.05) is 11.9 Å². The number of carbonyl (C=O) groups excluding carboxylic acids is 2. The smallest absolute Gasteiger partial charge is 0.257 e. The van der Waals surface area contributed by atoms with Gasteiger partial charge in [-0.15, -0.1) is 0 Å². The van der Waals surface area contributed by atoms with Gasteiger partial charge in [0.25, 0.3) is 5.91 Å².